The molecule has 0 aromatic heterocycles. The molecule has 0 heterocycles. The van der Waals surface area contributed by atoms with E-state index in [9.17, 15) is 14.7 Å². The predicted molar refractivity (Wildman–Crippen MR) is 80.5 cm³/mol. The SMILES string of the molecule is C=C(CC(O)COc1ccccc1)C(=O)O.CCOC(N)=O. The molecule has 0 aliphatic heterocycles. The predicted octanol–water partition coefficient (Wildman–Crippen LogP) is 1.56. The number of carbonyl (C=O) groups excluding carboxylic acids is 1. The van der Waals surface area contributed by atoms with Crippen molar-refractivity contribution in [2.24, 2.45) is 5.73 Å². The van der Waals surface area contributed by atoms with Crippen molar-refractivity contribution in [3.05, 3.63) is 42.5 Å². The number of carbonyl (C=O) groups is 2. The number of hydrogen-bond donors (Lipinski definition) is 3. The molecule has 0 saturated carbocycles. The van der Waals surface area contributed by atoms with Gasteiger partial charge in [0, 0.05) is 12.0 Å². The third-order valence-corrected chi connectivity index (χ3v) is 2.26. The fourth-order valence-corrected chi connectivity index (χ4v) is 1.28. The Morgan fingerprint density at radius 3 is 2.32 bits per heavy atom. The van der Waals surface area contributed by atoms with E-state index in [1.54, 1.807) is 19.1 Å². The average Bonchev–Trinajstić information content (AvgIpc) is 2.46. The fraction of sp³-hybridized carbons (Fsp3) is 0.333. The van der Waals surface area contributed by atoms with Gasteiger partial charge in [-0.2, -0.15) is 0 Å². The zero-order valence-electron chi connectivity index (χ0n) is 12.4. The Bertz CT molecular complexity index is 474. The number of hydrogen-bond acceptors (Lipinski definition) is 5. The van der Waals surface area contributed by atoms with Gasteiger partial charge < -0.3 is 25.4 Å². The quantitative estimate of drug-likeness (QED) is 0.657. The lowest BCUT2D eigenvalue weighted by molar-refractivity contribution is -0.133. The molecule has 1 atom stereocenters. The molecule has 7 heteroatoms. The Hall–Kier alpha value is -2.54. The van der Waals surface area contributed by atoms with Crippen LogP contribution in [-0.4, -0.2) is 41.6 Å². The number of aliphatic hydroxyl groups is 1. The molecule has 0 aliphatic carbocycles. The molecular weight excluding hydrogens is 290 g/mol. The Kier molecular flexibility index (Phi) is 9.87. The summed E-state index contributed by atoms with van der Waals surface area (Å²) >= 11 is 0. The van der Waals surface area contributed by atoms with Crippen LogP contribution in [0.3, 0.4) is 0 Å². The van der Waals surface area contributed by atoms with Gasteiger partial charge >= 0.3 is 12.1 Å². The van der Waals surface area contributed by atoms with Crippen molar-refractivity contribution in [1.29, 1.82) is 0 Å². The number of primary amides is 1. The highest BCUT2D eigenvalue weighted by atomic mass is 16.5. The molecule has 4 N–H and O–H groups in total. The summed E-state index contributed by atoms with van der Waals surface area (Å²) in [5, 5.41) is 18.0. The van der Waals surface area contributed by atoms with Crippen molar-refractivity contribution in [3.8, 4) is 5.75 Å². The van der Waals surface area contributed by atoms with E-state index >= 15 is 0 Å². The summed E-state index contributed by atoms with van der Waals surface area (Å²) in [6, 6.07) is 9.02. The smallest absolute Gasteiger partial charge is 0.404 e. The van der Waals surface area contributed by atoms with E-state index < -0.39 is 18.2 Å². The largest absolute Gasteiger partial charge is 0.491 e. The first kappa shape index (κ1) is 19.5. The summed E-state index contributed by atoms with van der Waals surface area (Å²) < 4.78 is 9.44. The van der Waals surface area contributed by atoms with Crippen molar-refractivity contribution in [2.45, 2.75) is 19.4 Å². The van der Waals surface area contributed by atoms with Gasteiger partial charge in [-0.25, -0.2) is 9.59 Å². The molecule has 122 valence electrons. The Labute approximate surface area is 129 Å². The maximum atomic E-state index is 10.5. The molecule has 0 fully saturated rings. The average molecular weight is 311 g/mol. The maximum Gasteiger partial charge on any atom is 0.404 e. The minimum Gasteiger partial charge on any atom is -0.491 e. The summed E-state index contributed by atoms with van der Waals surface area (Å²) in [5.74, 6) is -0.457. The van der Waals surface area contributed by atoms with Crippen LogP contribution in [0.2, 0.25) is 0 Å². The lowest BCUT2D eigenvalue weighted by Crippen LogP contribution is -2.19. The first-order chi connectivity index (χ1) is 10.4. The molecule has 1 rings (SSSR count). The Balaban J connectivity index is 0.000000626. The summed E-state index contributed by atoms with van der Waals surface area (Å²) in [4.78, 5) is 20.1. The fourth-order valence-electron chi connectivity index (χ4n) is 1.28. The second-order valence-electron chi connectivity index (χ2n) is 4.14. The lowest BCUT2D eigenvalue weighted by atomic mass is 10.1. The van der Waals surface area contributed by atoms with Gasteiger partial charge in [0.05, 0.1) is 12.7 Å². The summed E-state index contributed by atoms with van der Waals surface area (Å²) in [6.07, 6.45) is -1.57. The standard InChI is InChI=1S/C12H14O4.C3H7NO2/c1-9(12(14)15)7-10(13)8-16-11-5-3-2-4-6-11;1-2-6-3(4)5/h2-6,10,13H,1,7-8H2,(H,14,15);2H2,1H3,(H2,4,5). The number of ether oxygens (including phenoxy) is 2. The van der Waals surface area contributed by atoms with Crippen molar-refractivity contribution in [1.82, 2.24) is 0 Å². The van der Waals surface area contributed by atoms with E-state index in [4.69, 9.17) is 9.84 Å². The summed E-state index contributed by atoms with van der Waals surface area (Å²) in [6.45, 7) is 5.44. The molecule has 7 nitrogen and oxygen atoms in total. The van der Waals surface area contributed by atoms with Gasteiger partial charge in [0.1, 0.15) is 12.4 Å². The van der Waals surface area contributed by atoms with Crippen LogP contribution in [0.1, 0.15) is 13.3 Å². The van der Waals surface area contributed by atoms with Gasteiger partial charge in [-0.1, -0.05) is 24.8 Å². The summed E-state index contributed by atoms with van der Waals surface area (Å²) in [7, 11) is 0. The van der Waals surface area contributed by atoms with Crippen molar-refractivity contribution >= 4 is 12.1 Å². The van der Waals surface area contributed by atoms with Gasteiger partial charge in [0.25, 0.3) is 0 Å². The molecule has 0 bridgehead atoms. The lowest BCUT2D eigenvalue weighted by Gasteiger charge is -2.11. The molecule has 1 unspecified atom stereocenters. The monoisotopic (exact) mass is 311 g/mol. The zero-order chi connectivity index (χ0) is 17.0. The van der Waals surface area contributed by atoms with E-state index in [2.05, 4.69) is 17.0 Å². The third-order valence-electron chi connectivity index (χ3n) is 2.26. The third kappa shape index (κ3) is 10.3. The molecule has 0 saturated heterocycles. The number of nitrogens with two attached hydrogens (primary N) is 1. The minimum atomic E-state index is -1.10. The van der Waals surface area contributed by atoms with E-state index in [1.165, 1.54) is 0 Å². The van der Waals surface area contributed by atoms with E-state index in [-0.39, 0.29) is 18.6 Å². The van der Waals surface area contributed by atoms with Gasteiger partial charge in [-0.3, -0.25) is 0 Å². The van der Waals surface area contributed by atoms with Gasteiger partial charge in [-0.05, 0) is 19.1 Å². The van der Waals surface area contributed by atoms with Gasteiger partial charge in [0.2, 0.25) is 0 Å². The number of para-hydroxylation sites is 1. The number of carboxylic acid groups (broad SMARTS) is 1. The molecule has 0 aliphatic rings. The van der Waals surface area contributed by atoms with Crippen LogP contribution < -0.4 is 10.5 Å². The molecule has 0 radical (unpaired) electrons. The topological polar surface area (TPSA) is 119 Å². The molecule has 1 aromatic rings. The summed E-state index contributed by atoms with van der Waals surface area (Å²) in [5.41, 5.74) is 4.52. The van der Waals surface area contributed by atoms with Crippen molar-refractivity contribution < 1.29 is 29.3 Å². The Morgan fingerprint density at radius 2 is 1.91 bits per heavy atom. The van der Waals surface area contributed by atoms with Crippen molar-refractivity contribution in [2.75, 3.05) is 13.2 Å². The van der Waals surface area contributed by atoms with Crippen LogP contribution in [-0.2, 0) is 9.53 Å². The number of rotatable bonds is 7. The Morgan fingerprint density at radius 1 is 1.32 bits per heavy atom. The molecule has 0 spiro atoms. The first-order valence-electron chi connectivity index (χ1n) is 6.56. The van der Waals surface area contributed by atoms with Crippen LogP contribution in [0.15, 0.2) is 42.5 Å². The normalized spacial score (nSPS) is 10.6. The first-order valence-corrected chi connectivity index (χ1v) is 6.56. The zero-order valence-corrected chi connectivity index (χ0v) is 12.4. The molecular formula is C15H21NO6. The second-order valence-corrected chi connectivity index (χ2v) is 4.14. The second kappa shape index (κ2) is 11.2. The minimum absolute atomic E-state index is 0.00215. The number of amides is 1. The maximum absolute atomic E-state index is 10.5. The molecule has 1 aromatic carbocycles. The van der Waals surface area contributed by atoms with Crippen LogP contribution in [0.4, 0.5) is 4.79 Å². The van der Waals surface area contributed by atoms with Crippen LogP contribution >= 0.6 is 0 Å². The number of aliphatic hydroxyl groups excluding tert-OH is 1. The van der Waals surface area contributed by atoms with Crippen LogP contribution in [0.25, 0.3) is 0 Å². The van der Waals surface area contributed by atoms with Crippen LogP contribution in [0.5, 0.6) is 5.75 Å². The highest BCUT2D eigenvalue weighted by Crippen LogP contribution is 2.10. The van der Waals surface area contributed by atoms with Gasteiger partial charge in [0.15, 0.2) is 0 Å². The molecule has 22 heavy (non-hydrogen) atoms. The van der Waals surface area contributed by atoms with E-state index in [0.717, 1.165) is 0 Å². The van der Waals surface area contributed by atoms with E-state index in [1.807, 2.05) is 18.2 Å². The number of benzene rings is 1. The van der Waals surface area contributed by atoms with Gasteiger partial charge in [-0.15, -0.1) is 0 Å². The number of aliphatic carboxylic acids is 1. The highest BCUT2D eigenvalue weighted by molar-refractivity contribution is 5.85. The van der Waals surface area contributed by atoms with E-state index in [0.29, 0.717) is 12.4 Å². The number of carboxylic acids is 1. The highest BCUT2D eigenvalue weighted by Gasteiger charge is 2.11. The van der Waals surface area contributed by atoms with Crippen LogP contribution in [0, 0.1) is 0 Å². The van der Waals surface area contributed by atoms with Crippen molar-refractivity contribution in [3.63, 3.8) is 0 Å². The molecule has 1 amide bonds.